The Bertz CT molecular complexity index is 1070. The molecule has 0 atom stereocenters. The van der Waals surface area contributed by atoms with Gasteiger partial charge in [0.1, 0.15) is 11.3 Å². The molecule has 0 fully saturated rings. The molecule has 0 spiro atoms. The number of hydrogen-bond donors (Lipinski definition) is 3. The summed E-state index contributed by atoms with van der Waals surface area (Å²) in [5.41, 5.74) is 7.04. The third-order valence-electron chi connectivity index (χ3n) is 3.71. The number of phenols is 1. The van der Waals surface area contributed by atoms with E-state index in [9.17, 15) is 5.11 Å². The highest BCUT2D eigenvalue weighted by Crippen LogP contribution is 2.24. The molecule has 2 aromatic heterocycles. The zero-order valence-corrected chi connectivity index (χ0v) is 12.9. The van der Waals surface area contributed by atoms with E-state index < -0.39 is 0 Å². The quantitative estimate of drug-likeness (QED) is 0.398. The number of nitrogens with one attached hydrogen (secondary N) is 2. The third kappa shape index (κ3) is 2.52. The van der Waals surface area contributed by atoms with Gasteiger partial charge in [-0.1, -0.05) is 30.3 Å². The highest BCUT2D eigenvalue weighted by molar-refractivity contribution is 6.04. The van der Waals surface area contributed by atoms with E-state index in [0.29, 0.717) is 11.6 Å². The van der Waals surface area contributed by atoms with Gasteiger partial charge in [0.2, 0.25) is 0 Å². The van der Waals surface area contributed by atoms with E-state index in [1.165, 1.54) is 0 Å². The predicted molar refractivity (Wildman–Crippen MR) is 93.3 cm³/mol. The van der Waals surface area contributed by atoms with E-state index in [4.69, 9.17) is 0 Å². The van der Waals surface area contributed by atoms with Crippen molar-refractivity contribution in [3.8, 4) is 5.75 Å². The first-order chi connectivity index (χ1) is 11.7. The first kappa shape index (κ1) is 14.1. The number of hydrazone groups is 1. The van der Waals surface area contributed by atoms with Gasteiger partial charge in [0, 0.05) is 5.39 Å². The van der Waals surface area contributed by atoms with Crippen LogP contribution in [0.1, 0.15) is 11.1 Å². The minimum Gasteiger partial charge on any atom is -0.508 e. The maximum atomic E-state index is 9.42. The van der Waals surface area contributed by atoms with Crippen molar-refractivity contribution in [3.63, 3.8) is 0 Å². The Morgan fingerprint density at radius 3 is 2.92 bits per heavy atom. The standard InChI is InChI=1S/C17H14N6O/c1-10-4-2-7-13-14(10)19-16-15(13)21-23-17(20-16)22-18-9-11-5-3-6-12(24)8-11/h2-9,24H,1H3,(H2,19,20,22,23). The number of aromatic hydroxyl groups is 1. The number of anilines is 1. The Balaban J connectivity index is 1.63. The zero-order chi connectivity index (χ0) is 16.5. The lowest BCUT2D eigenvalue weighted by Gasteiger charge is -1.97. The summed E-state index contributed by atoms with van der Waals surface area (Å²) in [5.74, 6) is 0.481. The normalized spacial score (nSPS) is 11.5. The Kier molecular flexibility index (Phi) is 3.31. The smallest absolute Gasteiger partial charge is 0.265 e. The topological polar surface area (TPSA) is 99.1 Å². The largest absolute Gasteiger partial charge is 0.508 e. The molecule has 2 aromatic carbocycles. The molecule has 0 saturated carbocycles. The molecule has 0 aliphatic rings. The molecule has 0 amide bonds. The van der Waals surface area contributed by atoms with Crippen LogP contribution < -0.4 is 5.43 Å². The van der Waals surface area contributed by atoms with E-state index in [-0.39, 0.29) is 5.75 Å². The molecule has 3 N–H and O–H groups in total. The second-order valence-corrected chi connectivity index (χ2v) is 5.42. The molecule has 0 radical (unpaired) electrons. The summed E-state index contributed by atoms with van der Waals surface area (Å²) in [5, 5.41) is 22.8. The molecule has 4 aromatic rings. The van der Waals surface area contributed by atoms with Crippen LogP contribution in [-0.2, 0) is 0 Å². The molecule has 0 saturated heterocycles. The summed E-state index contributed by atoms with van der Waals surface area (Å²) in [6.07, 6.45) is 1.57. The van der Waals surface area contributed by atoms with Crippen LogP contribution >= 0.6 is 0 Å². The summed E-state index contributed by atoms with van der Waals surface area (Å²) in [6, 6.07) is 12.8. The number of aromatic nitrogens is 4. The number of H-pyrrole nitrogens is 1. The zero-order valence-electron chi connectivity index (χ0n) is 12.9. The summed E-state index contributed by atoms with van der Waals surface area (Å²) in [7, 11) is 0. The van der Waals surface area contributed by atoms with E-state index >= 15 is 0 Å². The first-order valence-corrected chi connectivity index (χ1v) is 7.40. The van der Waals surface area contributed by atoms with Crippen molar-refractivity contribution >= 4 is 34.2 Å². The van der Waals surface area contributed by atoms with Crippen molar-refractivity contribution in [1.29, 1.82) is 0 Å². The lowest BCUT2D eigenvalue weighted by molar-refractivity contribution is 0.475. The van der Waals surface area contributed by atoms with Crippen LogP contribution in [0, 0.1) is 6.92 Å². The molecule has 2 heterocycles. The Labute approximate surface area is 137 Å². The van der Waals surface area contributed by atoms with Gasteiger partial charge < -0.3 is 10.1 Å². The van der Waals surface area contributed by atoms with E-state index in [2.05, 4.69) is 30.7 Å². The maximum absolute atomic E-state index is 9.42. The molecule has 0 aliphatic carbocycles. The number of nitrogens with zero attached hydrogens (tertiary/aromatic N) is 4. The van der Waals surface area contributed by atoms with Gasteiger partial charge in [0.05, 0.1) is 11.7 Å². The van der Waals surface area contributed by atoms with Gasteiger partial charge in [0.25, 0.3) is 5.95 Å². The molecule has 0 bridgehead atoms. The van der Waals surface area contributed by atoms with Gasteiger partial charge in [0.15, 0.2) is 5.65 Å². The minimum absolute atomic E-state index is 0.187. The molecule has 7 heteroatoms. The van der Waals surface area contributed by atoms with Crippen molar-refractivity contribution in [1.82, 2.24) is 20.2 Å². The SMILES string of the molecule is Cc1cccc2c1[nH]c1nc(NN=Cc3cccc(O)c3)nnc12. The van der Waals surface area contributed by atoms with Gasteiger partial charge in [-0.15, -0.1) is 10.2 Å². The Hall–Kier alpha value is -3.48. The average molecular weight is 318 g/mol. The lowest BCUT2D eigenvalue weighted by atomic mass is 10.1. The van der Waals surface area contributed by atoms with Crippen LogP contribution in [0.5, 0.6) is 5.75 Å². The summed E-state index contributed by atoms with van der Waals surface area (Å²) in [6.45, 7) is 2.03. The number of para-hydroxylation sites is 1. The fraction of sp³-hybridized carbons (Fsp3) is 0.0588. The van der Waals surface area contributed by atoms with Crippen LogP contribution in [0.25, 0.3) is 22.1 Å². The monoisotopic (exact) mass is 318 g/mol. The third-order valence-corrected chi connectivity index (χ3v) is 3.71. The molecule has 0 unspecified atom stereocenters. The van der Waals surface area contributed by atoms with Crippen LogP contribution in [0.2, 0.25) is 0 Å². The van der Waals surface area contributed by atoms with E-state index in [1.807, 2.05) is 31.2 Å². The number of aryl methyl sites for hydroxylation is 1. The summed E-state index contributed by atoms with van der Waals surface area (Å²) in [4.78, 5) is 7.66. The molecule has 118 valence electrons. The molecule has 0 aliphatic heterocycles. The van der Waals surface area contributed by atoms with E-state index in [1.54, 1.807) is 24.4 Å². The second kappa shape index (κ2) is 5.62. The second-order valence-electron chi connectivity index (χ2n) is 5.42. The maximum Gasteiger partial charge on any atom is 0.265 e. The summed E-state index contributed by atoms with van der Waals surface area (Å²) < 4.78 is 0. The van der Waals surface area contributed by atoms with Crippen molar-refractivity contribution in [2.45, 2.75) is 6.92 Å². The number of hydrogen-bond acceptors (Lipinski definition) is 6. The lowest BCUT2D eigenvalue weighted by Crippen LogP contribution is -1.98. The number of rotatable bonds is 3. The highest BCUT2D eigenvalue weighted by Gasteiger charge is 2.09. The number of aromatic amines is 1. The minimum atomic E-state index is 0.187. The van der Waals surface area contributed by atoms with Crippen molar-refractivity contribution in [2.24, 2.45) is 5.10 Å². The summed E-state index contributed by atoms with van der Waals surface area (Å²) >= 11 is 0. The number of benzene rings is 2. The number of phenolic OH excluding ortho intramolecular Hbond substituents is 1. The predicted octanol–water partition coefficient (Wildman–Crippen LogP) is 2.97. The Morgan fingerprint density at radius 2 is 2.04 bits per heavy atom. The Morgan fingerprint density at radius 1 is 1.17 bits per heavy atom. The van der Waals surface area contributed by atoms with Crippen molar-refractivity contribution < 1.29 is 5.11 Å². The number of fused-ring (bicyclic) bond motifs is 3. The molecule has 7 nitrogen and oxygen atoms in total. The van der Waals surface area contributed by atoms with Gasteiger partial charge in [-0.2, -0.15) is 10.1 Å². The fourth-order valence-electron chi connectivity index (χ4n) is 2.56. The van der Waals surface area contributed by atoms with Crippen LogP contribution in [0.4, 0.5) is 5.95 Å². The van der Waals surface area contributed by atoms with Gasteiger partial charge in [-0.25, -0.2) is 5.43 Å². The van der Waals surface area contributed by atoms with Crippen LogP contribution in [0.3, 0.4) is 0 Å². The molecular weight excluding hydrogens is 304 g/mol. The van der Waals surface area contributed by atoms with Gasteiger partial charge >= 0.3 is 0 Å². The molecule has 24 heavy (non-hydrogen) atoms. The van der Waals surface area contributed by atoms with Crippen LogP contribution in [0.15, 0.2) is 47.6 Å². The first-order valence-electron chi connectivity index (χ1n) is 7.40. The van der Waals surface area contributed by atoms with Crippen molar-refractivity contribution in [2.75, 3.05) is 5.43 Å². The average Bonchev–Trinajstić information content (AvgIpc) is 2.94. The van der Waals surface area contributed by atoms with Gasteiger partial charge in [-0.3, -0.25) is 0 Å². The fourth-order valence-corrected chi connectivity index (χ4v) is 2.56. The molecule has 4 rings (SSSR count). The van der Waals surface area contributed by atoms with E-state index in [0.717, 1.165) is 27.5 Å². The van der Waals surface area contributed by atoms with Crippen LogP contribution in [-0.4, -0.2) is 31.5 Å². The van der Waals surface area contributed by atoms with Gasteiger partial charge in [-0.05, 0) is 30.2 Å². The highest BCUT2D eigenvalue weighted by atomic mass is 16.3. The molecular formula is C17H14N6O. The van der Waals surface area contributed by atoms with Crippen molar-refractivity contribution in [3.05, 3.63) is 53.6 Å².